The Labute approximate surface area is 130 Å². The SMILES string of the molecule is O=C(Nc1cccnc1)N1CCN(Cc2ccccc2)CC1. The molecule has 0 atom stereocenters. The Morgan fingerprint density at radius 1 is 1.05 bits per heavy atom. The molecule has 5 heteroatoms. The van der Waals surface area contributed by atoms with E-state index in [9.17, 15) is 4.79 Å². The zero-order valence-corrected chi connectivity index (χ0v) is 12.5. The molecule has 1 aliphatic heterocycles. The van der Waals surface area contributed by atoms with Gasteiger partial charge in [-0.2, -0.15) is 0 Å². The number of nitrogens with zero attached hydrogens (tertiary/aromatic N) is 3. The minimum Gasteiger partial charge on any atom is -0.322 e. The molecule has 1 aromatic heterocycles. The van der Waals surface area contributed by atoms with Crippen molar-refractivity contribution in [1.29, 1.82) is 0 Å². The number of hydrogen-bond acceptors (Lipinski definition) is 3. The van der Waals surface area contributed by atoms with Gasteiger partial charge >= 0.3 is 6.03 Å². The summed E-state index contributed by atoms with van der Waals surface area (Å²) in [5, 5.41) is 2.88. The Morgan fingerprint density at radius 2 is 1.82 bits per heavy atom. The van der Waals surface area contributed by atoms with Gasteiger partial charge in [-0.25, -0.2) is 4.79 Å². The minimum atomic E-state index is -0.0487. The number of aromatic nitrogens is 1. The molecule has 0 bridgehead atoms. The normalized spacial score (nSPS) is 15.5. The number of urea groups is 1. The highest BCUT2D eigenvalue weighted by Gasteiger charge is 2.21. The molecule has 1 N–H and O–H groups in total. The number of rotatable bonds is 3. The second-order valence-corrected chi connectivity index (χ2v) is 5.42. The van der Waals surface area contributed by atoms with Crippen molar-refractivity contribution in [3.63, 3.8) is 0 Å². The molecule has 1 aromatic carbocycles. The number of nitrogens with one attached hydrogen (secondary N) is 1. The zero-order chi connectivity index (χ0) is 15.2. The number of amides is 2. The highest BCUT2D eigenvalue weighted by Crippen LogP contribution is 2.10. The first-order chi connectivity index (χ1) is 10.8. The van der Waals surface area contributed by atoms with Gasteiger partial charge in [-0.1, -0.05) is 30.3 Å². The third-order valence-corrected chi connectivity index (χ3v) is 3.82. The fourth-order valence-corrected chi connectivity index (χ4v) is 2.59. The van der Waals surface area contributed by atoms with Crippen molar-refractivity contribution in [2.45, 2.75) is 6.54 Å². The topological polar surface area (TPSA) is 48.5 Å². The highest BCUT2D eigenvalue weighted by molar-refractivity contribution is 5.89. The van der Waals surface area contributed by atoms with Crippen LogP contribution in [0.25, 0.3) is 0 Å². The van der Waals surface area contributed by atoms with Crippen LogP contribution in [-0.4, -0.2) is 47.0 Å². The smallest absolute Gasteiger partial charge is 0.321 e. The third kappa shape index (κ3) is 3.83. The van der Waals surface area contributed by atoms with Crippen LogP contribution in [0.1, 0.15) is 5.56 Å². The van der Waals surface area contributed by atoms with E-state index in [2.05, 4.69) is 39.5 Å². The summed E-state index contributed by atoms with van der Waals surface area (Å²) in [4.78, 5) is 20.4. The molecule has 1 fully saturated rings. The molecule has 0 spiro atoms. The molecule has 1 aliphatic rings. The summed E-state index contributed by atoms with van der Waals surface area (Å²) in [7, 11) is 0. The lowest BCUT2D eigenvalue weighted by atomic mass is 10.2. The Balaban J connectivity index is 1.48. The summed E-state index contributed by atoms with van der Waals surface area (Å²) in [5.41, 5.74) is 2.05. The van der Waals surface area contributed by atoms with Crippen LogP contribution in [0, 0.1) is 0 Å². The van der Waals surface area contributed by atoms with E-state index in [1.54, 1.807) is 12.4 Å². The molecule has 3 rings (SSSR count). The minimum absolute atomic E-state index is 0.0487. The summed E-state index contributed by atoms with van der Waals surface area (Å²) in [6.07, 6.45) is 3.35. The highest BCUT2D eigenvalue weighted by atomic mass is 16.2. The Bertz CT molecular complexity index is 595. The predicted molar refractivity (Wildman–Crippen MR) is 86.5 cm³/mol. The molecular formula is C17H20N4O. The van der Waals surface area contributed by atoms with Gasteiger partial charge in [0.2, 0.25) is 0 Å². The average Bonchev–Trinajstić information content (AvgIpc) is 2.57. The lowest BCUT2D eigenvalue weighted by Gasteiger charge is -2.34. The van der Waals surface area contributed by atoms with Gasteiger partial charge in [0, 0.05) is 38.9 Å². The largest absolute Gasteiger partial charge is 0.322 e. The van der Waals surface area contributed by atoms with Crippen LogP contribution in [0.3, 0.4) is 0 Å². The van der Waals surface area contributed by atoms with Crippen molar-refractivity contribution in [1.82, 2.24) is 14.8 Å². The van der Waals surface area contributed by atoms with Gasteiger partial charge in [-0.15, -0.1) is 0 Å². The van der Waals surface area contributed by atoms with Crippen LogP contribution in [0.4, 0.5) is 10.5 Å². The van der Waals surface area contributed by atoms with Crippen molar-refractivity contribution in [2.24, 2.45) is 0 Å². The van der Waals surface area contributed by atoms with Crippen molar-refractivity contribution >= 4 is 11.7 Å². The van der Waals surface area contributed by atoms with E-state index in [0.717, 1.165) is 38.4 Å². The second kappa shape index (κ2) is 7.04. The standard InChI is InChI=1S/C17H20N4O/c22-17(19-16-7-4-8-18-13-16)21-11-9-20(10-12-21)14-15-5-2-1-3-6-15/h1-8,13H,9-12,14H2,(H,19,22). The van der Waals surface area contributed by atoms with Gasteiger partial charge in [0.15, 0.2) is 0 Å². The Kier molecular flexibility index (Phi) is 4.65. The van der Waals surface area contributed by atoms with Gasteiger partial charge in [0.05, 0.1) is 11.9 Å². The maximum absolute atomic E-state index is 12.2. The second-order valence-electron chi connectivity index (χ2n) is 5.42. The van der Waals surface area contributed by atoms with Crippen LogP contribution in [0.2, 0.25) is 0 Å². The summed E-state index contributed by atoms with van der Waals surface area (Å²) in [6.45, 7) is 4.24. The molecule has 1 saturated heterocycles. The Morgan fingerprint density at radius 3 is 2.50 bits per heavy atom. The quantitative estimate of drug-likeness (QED) is 0.946. The summed E-state index contributed by atoms with van der Waals surface area (Å²) in [6, 6.07) is 14.0. The number of pyridine rings is 1. The van der Waals surface area contributed by atoms with E-state index < -0.39 is 0 Å². The monoisotopic (exact) mass is 296 g/mol. The third-order valence-electron chi connectivity index (χ3n) is 3.82. The van der Waals surface area contributed by atoms with Crippen LogP contribution < -0.4 is 5.32 Å². The number of carbonyl (C=O) groups is 1. The van der Waals surface area contributed by atoms with E-state index in [1.165, 1.54) is 5.56 Å². The number of piperazine rings is 1. The molecule has 114 valence electrons. The first kappa shape index (κ1) is 14.5. The molecule has 0 unspecified atom stereocenters. The first-order valence-corrected chi connectivity index (χ1v) is 7.53. The fourth-order valence-electron chi connectivity index (χ4n) is 2.59. The number of anilines is 1. The van der Waals surface area contributed by atoms with Gasteiger partial charge < -0.3 is 10.2 Å². The van der Waals surface area contributed by atoms with Gasteiger partial charge in [-0.3, -0.25) is 9.88 Å². The van der Waals surface area contributed by atoms with Crippen LogP contribution in [0.15, 0.2) is 54.9 Å². The van der Waals surface area contributed by atoms with Crippen LogP contribution in [0.5, 0.6) is 0 Å². The lowest BCUT2D eigenvalue weighted by Crippen LogP contribution is -2.49. The molecule has 5 nitrogen and oxygen atoms in total. The van der Waals surface area contributed by atoms with Crippen molar-refractivity contribution in [2.75, 3.05) is 31.5 Å². The lowest BCUT2D eigenvalue weighted by molar-refractivity contribution is 0.143. The molecule has 2 amide bonds. The molecular weight excluding hydrogens is 276 g/mol. The summed E-state index contributed by atoms with van der Waals surface area (Å²) < 4.78 is 0. The van der Waals surface area contributed by atoms with E-state index in [4.69, 9.17) is 0 Å². The number of benzene rings is 1. The molecule has 0 aliphatic carbocycles. The predicted octanol–water partition coefficient (Wildman–Crippen LogP) is 2.43. The molecule has 22 heavy (non-hydrogen) atoms. The summed E-state index contributed by atoms with van der Waals surface area (Å²) >= 11 is 0. The molecule has 2 heterocycles. The molecule has 2 aromatic rings. The first-order valence-electron chi connectivity index (χ1n) is 7.53. The van der Waals surface area contributed by atoms with Crippen molar-refractivity contribution in [3.8, 4) is 0 Å². The van der Waals surface area contributed by atoms with Gasteiger partial charge in [-0.05, 0) is 17.7 Å². The van der Waals surface area contributed by atoms with Gasteiger partial charge in [0.1, 0.15) is 0 Å². The summed E-state index contributed by atoms with van der Waals surface area (Å²) in [5.74, 6) is 0. The zero-order valence-electron chi connectivity index (χ0n) is 12.5. The van der Waals surface area contributed by atoms with Crippen LogP contribution >= 0.6 is 0 Å². The maximum atomic E-state index is 12.2. The average molecular weight is 296 g/mol. The number of carbonyl (C=O) groups excluding carboxylic acids is 1. The number of hydrogen-bond donors (Lipinski definition) is 1. The van der Waals surface area contributed by atoms with E-state index >= 15 is 0 Å². The van der Waals surface area contributed by atoms with Gasteiger partial charge in [0.25, 0.3) is 0 Å². The van der Waals surface area contributed by atoms with Crippen molar-refractivity contribution < 1.29 is 4.79 Å². The van der Waals surface area contributed by atoms with E-state index in [0.29, 0.717) is 0 Å². The Hall–Kier alpha value is -2.40. The van der Waals surface area contributed by atoms with E-state index in [1.807, 2.05) is 23.1 Å². The maximum Gasteiger partial charge on any atom is 0.321 e. The molecule has 0 saturated carbocycles. The fraction of sp³-hybridized carbons (Fsp3) is 0.294. The van der Waals surface area contributed by atoms with Crippen molar-refractivity contribution in [3.05, 3.63) is 60.4 Å². The van der Waals surface area contributed by atoms with E-state index in [-0.39, 0.29) is 6.03 Å². The van der Waals surface area contributed by atoms with Crippen LogP contribution in [-0.2, 0) is 6.54 Å². The molecule has 0 radical (unpaired) electrons.